The Morgan fingerprint density at radius 1 is 1.56 bits per heavy atom. The molecule has 1 saturated heterocycles. The van der Waals surface area contributed by atoms with Crippen LogP contribution in [-0.4, -0.2) is 35.2 Å². The minimum absolute atomic E-state index is 0. The number of rotatable bonds is 2. The molecule has 1 atom stereocenters. The Bertz CT molecular complexity index is 394. The fourth-order valence-corrected chi connectivity index (χ4v) is 1.78. The van der Waals surface area contributed by atoms with E-state index in [4.69, 9.17) is 0 Å². The van der Waals surface area contributed by atoms with Crippen molar-refractivity contribution in [3.8, 4) is 0 Å². The molecule has 1 amide bonds. The van der Waals surface area contributed by atoms with E-state index >= 15 is 0 Å². The Morgan fingerprint density at radius 3 is 2.81 bits per heavy atom. The molecule has 0 aliphatic carbocycles. The predicted octanol–water partition coefficient (Wildman–Crippen LogP) is -2.25. The van der Waals surface area contributed by atoms with Gasteiger partial charge in [-0.15, -0.1) is 0 Å². The van der Waals surface area contributed by atoms with E-state index in [1.807, 2.05) is 0 Å². The molecule has 2 rings (SSSR count). The number of nitrogens with zero attached hydrogens (tertiary/aromatic N) is 2. The molecular formula is C11H12KN2O2+. The number of pyridine rings is 1. The van der Waals surface area contributed by atoms with Crippen LogP contribution in [0.2, 0.25) is 0 Å². The fourth-order valence-electron chi connectivity index (χ4n) is 1.78. The second kappa shape index (κ2) is 6.02. The van der Waals surface area contributed by atoms with E-state index < -0.39 is 5.92 Å². The summed E-state index contributed by atoms with van der Waals surface area (Å²) in [5.74, 6) is -0.694. The molecule has 0 bridgehead atoms. The maximum Gasteiger partial charge on any atom is 1.00 e. The van der Waals surface area contributed by atoms with Gasteiger partial charge in [-0.1, -0.05) is 0 Å². The quantitative estimate of drug-likeness (QED) is 0.335. The molecule has 4 nitrogen and oxygen atoms in total. The molecule has 1 aromatic rings. The summed E-state index contributed by atoms with van der Waals surface area (Å²) in [7, 11) is 1.72. The molecule has 1 aliphatic heterocycles. The standard InChI is InChI=1S/C11H12N2O2.K/c1-13-6-4-9(11(13)15)10(14)8-3-2-5-12-7-8;/h2-3,5,7,9H,4,6H2,1H3;/q;+1. The Kier molecular flexibility index (Phi) is 5.26. The first-order valence-electron chi connectivity index (χ1n) is 4.89. The average Bonchev–Trinajstić information content (AvgIpc) is 2.60. The minimum atomic E-state index is -0.501. The van der Waals surface area contributed by atoms with E-state index in [9.17, 15) is 9.59 Å². The van der Waals surface area contributed by atoms with Crippen LogP contribution in [0.15, 0.2) is 24.5 Å². The summed E-state index contributed by atoms with van der Waals surface area (Å²) in [6.45, 7) is 0.662. The van der Waals surface area contributed by atoms with Crippen molar-refractivity contribution in [2.24, 2.45) is 5.92 Å². The van der Waals surface area contributed by atoms with Gasteiger partial charge in [0.05, 0.1) is 0 Å². The van der Waals surface area contributed by atoms with Crippen LogP contribution >= 0.6 is 0 Å². The summed E-state index contributed by atoms with van der Waals surface area (Å²) in [6, 6.07) is 3.40. The van der Waals surface area contributed by atoms with Crippen LogP contribution in [-0.2, 0) is 4.79 Å². The Hall–Kier alpha value is -0.0736. The maximum atomic E-state index is 11.9. The molecule has 16 heavy (non-hydrogen) atoms. The molecule has 0 saturated carbocycles. The van der Waals surface area contributed by atoms with Gasteiger partial charge < -0.3 is 4.90 Å². The monoisotopic (exact) mass is 243 g/mol. The van der Waals surface area contributed by atoms with Crippen LogP contribution in [0.25, 0.3) is 0 Å². The van der Waals surface area contributed by atoms with Crippen molar-refractivity contribution >= 4 is 11.7 Å². The number of Topliss-reactive ketones (excluding diaryl/α,β-unsaturated/α-hetero) is 1. The predicted molar refractivity (Wildman–Crippen MR) is 54.3 cm³/mol. The molecular weight excluding hydrogens is 231 g/mol. The topological polar surface area (TPSA) is 50.3 Å². The SMILES string of the molecule is CN1CCC(C(=O)c2cccnc2)C1=O.[K+]. The number of amides is 1. The number of carbonyl (C=O) groups is 2. The zero-order chi connectivity index (χ0) is 10.8. The number of hydrogen-bond acceptors (Lipinski definition) is 3. The van der Waals surface area contributed by atoms with Gasteiger partial charge >= 0.3 is 51.4 Å². The summed E-state index contributed by atoms with van der Waals surface area (Å²) in [5, 5.41) is 0. The smallest absolute Gasteiger partial charge is 0.345 e. The van der Waals surface area contributed by atoms with E-state index in [2.05, 4.69) is 4.98 Å². The summed E-state index contributed by atoms with van der Waals surface area (Å²) in [4.78, 5) is 29.0. The second-order valence-corrected chi connectivity index (χ2v) is 3.71. The van der Waals surface area contributed by atoms with E-state index in [1.165, 1.54) is 6.20 Å². The summed E-state index contributed by atoms with van der Waals surface area (Å²) < 4.78 is 0. The van der Waals surface area contributed by atoms with Crippen LogP contribution in [0.5, 0.6) is 0 Å². The molecule has 0 spiro atoms. The van der Waals surface area contributed by atoms with Crippen LogP contribution in [0.3, 0.4) is 0 Å². The van der Waals surface area contributed by atoms with Gasteiger partial charge in [-0.25, -0.2) is 0 Å². The molecule has 0 N–H and O–H groups in total. The first-order valence-corrected chi connectivity index (χ1v) is 4.89. The van der Waals surface area contributed by atoms with Gasteiger partial charge in [0.2, 0.25) is 5.91 Å². The maximum absolute atomic E-state index is 11.9. The third-order valence-electron chi connectivity index (χ3n) is 2.69. The first-order chi connectivity index (χ1) is 7.20. The zero-order valence-electron chi connectivity index (χ0n) is 9.51. The Morgan fingerprint density at radius 2 is 2.31 bits per heavy atom. The second-order valence-electron chi connectivity index (χ2n) is 3.71. The molecule has 2 heterocycles. The van der Waals surface area contributed by atoms with Gasteiger partial charge in [-0.05, 0) is 18.6 Å². The Balaban J connectivity index is 0.00000128. The first kappa shape index (κ1) is 14.0. The van der Waals surface area contributed by atoms with Crippen LogP contribution in [0.1, 0.15) is 16.8 Å². The zero-order valence-corrected chi connectivity index (χ0v) is 12.6. The number of hydrogen-bond donors (Lipinski definition) is 0. The van der Waals surface area contributed by atoms with Gasteiger partial charge in [-0.2, -0.15) is 0 Å². The number of aromatic nitrogens is 1. The van der Waals surface area contributed by atoms with Gasteiger partial charge in [0, 0.05) is 31.5 Å². The van der Waals surface area contributed by atoms with Gasteiger partial charge in [-0.3, -0.25) is 14.6 Å². The van der Waals surface area contributed by atoms with Crippen molar-refractivity contribution in [1.82, 2.24) is 9.88 Å². The van der Waals surface area contributed by atoms with Crippen molar-refractivity contribution in [1.29, 1.82) is 0 Å². The van der Waals surface area contributed by atoms with E-state index in [0.29, 0.717) is 18.5 Å². The molecule has 5 heteroatoms. The van der Waals surface area contributed by atoms with E-state index in [0.717, 1.165) is 0 Å². The molecule has 1 aliphatic rings. The van der Waals surface area contributed by atoms with Crippen molar-refractivity contribution in [3.63, 3.8) is 0 Å². The van der Waals surface area contributed by atoms with Crippen molar-refractivity contribution in [2.75, 3.05) is 13.6 Å². The van der Waals surface area contributed by atoms with Crippen molar-refractivity contribution < 1.29 is 61.0 Å². The number of ketones is 1. The molecule has 78 valence electrons. The normalized spacial score (nSPS) is 19.4. The Labute approximate surface area is 137 Å². The summed E-state index contributed by atoms with van der Waals surface area (Å²) >= 11 is 0. The molecule has 0 aromatic carbocycles. The van der Waals surface area contributed by atoms with Crippen molar-refractivity contribution in [2.45, 2.75) is 6.42 Å². The third kappa shape index (κ3) is 2.78. The average molecular weight is 243 g/mol. The van der Waals surface area contributed by atoms with Crippen molar-refractivity contribution in [3.05, 3.63) is 30.1 Å². The van der Waals surface area contributed by atoms with Crippen LogP contribution in [0, 0.1) is 5.92 Å². The van der Waals surface area contributed by atoms with E-state index in [-0.39, 0.29) is 63.1 Å². The van der Waals surface area contributed by atoms with Gasteiger partial charge in [0.25, 0.3) is 0 Å². The third-order valence-corrected chi connectivity index (χ3v) is 2.69. The van der Waals surface area contributed by atoms with Gasteiger partial charge in [0.15, 0.2) is 5.78 Å². The fraction of sp³-hybridized carbons (Fsp3) is 0.364. The molecule has 0 radical (unpaired) electrons. The van der Waals surface area contributed by atoms with Crippen LogP contribution < -0.4 is 51.4 Å². The molecule has 1 fully saturated rings. The summed E-state index contributed by atoms with van der Waals surface area (Å²) in [6.07, 6.45) is 3.73. The van der Waals surface area contributed by atoms with Crippen LogP contribution in [0.4, 0.5) is 0 Å². The molecule has 1 aromatic heterocycles. The minimum Gasteiger partial charge on any atom is -0.345 e. The largest absolute Gasteiger partial charge is 1.00 e. The van der Waals surface area contributed by atoms with Gasteiger partial charge in [0.1, 0.15) is 5.92 Å². The van der Waals surface area contributed by atoms with E-state index in [1.54, 1.807) is 30.3 Å². The number of likely N-dealkylation sites (tertiary alicyclic amines) is 1. The number of carbonyl (C=O) groups excluding carboxylic acids is 2. The molecule has 1 unspecified atom stereocenters. The summed E-state index contributed by atoms with van der Waals surface area (Å²) in [5.41, 5.74) is 0.520.